The van der Waals surface area contributed by atoms with Gasteiger partial charge in [-0.3, -0.25) is 0 Å². The van der Waals surface area contributed by atoms with Crippen molar-refractivity contribution in [1.29, 1.82) is 0 Å². The Morgan fingerprint density at radius 1 is 1.46 bits per heavy atom. The summed E-state index contributed by atoms with van der Waals surface area (Å²) in [6, 6.07) is 0. The number of hydrogen-bond acceptors (Lipinski definition) is 2. The van der Waals surface area contributed by atoms with Crippen molar-refractivity contribution in [3.05, 3.63) is 21.9 Å². The highest BCUT2D eigenvalue weighted by Crippen LogP contribution is 2.64. The molecule has 1 aromatic rings. The third-order valence-electron chi connectivity index (χ3n) is 3.56. The van der Waals surface area contributed by atoms with Gasteiger partial charge in [0, 0.05) is 5.41 Å². The maximum Gasteiger partial charge on any atom is 0.0533 e. The lowest BCUT2D eigenvalue weighted by molar-refractivity contribution is 0.231. The number of hydrogen-bond donors (Lipinski definition) is 1. The molecule has 1 nitrogen and oxygen atoms in total. The van der Waals surface area contributed by atoms with Crippen LogP contribution in [0.2, 0.25) is 0 Å². The molecule has 1 saturated carbocycles. The van der Waals surface area contributed by atoms with Crippen molar-refractivity contribution in [2.75, 3.05) is 6.61 Å². The molecule has 1 fully saturated rings. The van der Waals surface area contributed by atoms with Gasteiger partial charge in [-0.15, -0.1) is 0 Å². The molecule has 0 saturated heterocycles. The molecular weight excluding hydrogens is 180 g/mol. The molecule has 1 atom stereocenters. The van der Waals surface area contributed by atoms with Crippen LogP contribution in [0.15, 0.2) is 10.8 Å². The maximum absolute atomic E-state index is 9.49. The minimum absolute atomic E-state index is 0.0666. The number of aliphatic hydroxyl groups is 1. The third-order valence-corrected chi connectivity index (χ3v) is 4.42. The molecular formula is C11H16OS. The lowest BCUT2D eigenvalue weighted by atomic mass is 9.88. The van der Waals surface area contributed by atoms with Crippen LogP contribution in [0.25, 0.3) is 0 Å². The first-order valence-corrected chi connectivity index (χ1v) is 5.62. The second kappa shape index (κ2) is 2.58. The first-order valence-electron chi connectivity index (χ1n) is 4.68. The minimum atomic E-state index is 0.0666. The van der Waals surface area contributed by atoms with E-state index in [4.69, 9.17) is 0 Å². The van der Waals surface area contributed by atoms with E-state index in [0.717, 1.165) is 6.42 Å². The van der Waals surface area contributed by atoms with E-state index in [1.165, 1.54) is 11.1 Å². The average Bonchev–Trinajstić information content (AvgIpc) is 2.43. The Kier molecular flexibility index (Phi) is 1.83. The molecule has 0 spiro atoms. The van der Waals surface area contributed by atoms with Gasteiger partial charge in [-0.25, -0.2) is 0 Å². The fraction of sp³-hybridized carbons (Fsp3) is 0.636. The van der Waals surface area contributed by atoms with Gasteiger partial charge in [-0.05, 0) is 40.6 Å². The molecule has 72 valence electrons. The van der Waals surface area contributed by atoms with E-state index in [1.807, 2.05) is 0 Å². The zero-order valence-corrected chi connectivity index (χ0v) is 9.24. The van der Waals surface area contributed by atoms with Crippen molar-refractivity contribution in [2.24, 2.45) is 5.41 Å². The Labute approximate surface area is 83.4 Å². The van der Waals surface area contributed by atoms with Gasteiger partial charge in [0.25, 0.3) is 0 Å². The van der Waals surface area contributed by atoms with Gasteiger partial charge in [-0.2, -0.15) is 11.3 Å². The molecule has 1 aromatic heterocycles. The van der Waals surface area contributed by atoms with Crippen LogP contribution in [0, 0.1) is 12.3 Å². The Hall–Kier alpha value is -0.340. The van der Waals surface area contributed by atoms with Crippen LogP contribution in [0.5, 0.6) is 0 Å². The largest absolute Gasteiger partial charge is 0.395 e. The third kappa shape index (κ3) is 1.09. The van der Waals surface area contributed by atoms with Gasteiger partial charge in [0.2, 0.25) is 0 Å². The molecule has 1 heterocycles. The summed E-state index contributed by atoms with van der Waals surface area (Å²) in [4.78, 5) is 0. The van der Waals surface area contributed by atoms with E-state index >= 15 is 0 Å². The fourth-order valence-corrected chi connectivity index (χ4v) is 3.32. The van der Waals surface area contributed by atoms with Crippen molar-refractivity contribution < 1.29 is 5.11 Å². The van der Waals surface area contributed by atoms with Crippen molar-refractivity contribution in [3.63, 3.8) is 0 Å². The van der Waals surface area contributed by atoms with E-state index in [0.29, 0.717) is 0 Å². The fourth-order valence-electron chi connectivity index (χ4n) is 2.38. The van der Waals surface area contributed by atoms with Gasteiger partial charge in [0.1, 0.15) is 0 Å². The molecule has 1 aliphatic carbocycles. The summed E-state index contributed by atoms with van der Waals surface area (Å²) in [5.41, 5.74) is 3.06. The molecule has 13 heavy (non-hydrogen) atoms. The standard InChI is InChI=1S/C11H16OS/c1-8-4-13-5-9(8)11(7-12)6-10(11,2)3/h4-5,12H,6-7H2,1-3H3. The smallest absolute Gasteiger partial charge is 0.0533 e. The summed E-state index contributed by atoms with van der Waals surface area (Å²) in [6.45, 7) is 6.90. The molecule has 0 amide bonds. The summed E-state index contributed by atoms with van der Waals surface area (Å²) in [7, 11) is 0. The summed E-state index contributed by atoms with van der Waals surface area (Å²) in [6.07, 6.45) is 1.12. The van der Waals surface area contributed by atoms with Gasteiger partial charge in [0.05, 0.1) is 6.61 Å². The zero-order chi connectivity index (χ0) is 9.69. The van der Waals surface area contributed by atoms with Gasteiger partial charge in [0.15, 0.2) is 0 Å². The van der Waals surface area contributed by atoms with Crippen LogP contribution in [0.4, 0.5) is 0 Å². The number of rotatable bonds is 2. The molecule has 1 N–H and O–H groups in total. The lowest BCUT2D eigenvalue weighted by Crippen LogP contribution is -2.19. The second-order valence-electron chi connectivity index (χ2n) is 4.77. The first-order chi connectivity index (χ1) is 6.03. The van der Waals surface area contributed by atoms with E-state index < -0.39 is 0 Å². The van der Waals surface area contributed by atoms with E-state index in [9.17, 15) is 5.11 Å². The monoisotopic (exact) mass is 196 g/mol. The Bertz CT molecular complexity index is 327. The predicted octanol–water partition coefficient (Wildman–Crippen LogP) is 2.72. The quantitative estimate of drug-likeness (QED) is 0.771. The topological polar surface area (TPSA) is 20.2 Å². The van der Waals surface area contributed by atoms with Crippen LogP contribution in [-0.4, -0.2) is 11.7 Å². The summed E-state index contributed by atoms with van der Waals surface area (Å²) < 4.78 is 0. The summed E-state index contributed by atoms with van der Waals surface area (Å²) >= 11 is 1.74. The Balaban J connectivity index is 2.41. The van der Waals surface area contributed by atoms with Gasteiger partial charge >= 0.3 is 0 Å². The van der Waals surface area contributed by atoms with E-state index in [1.54, 1.807) is 11.3 Å². The highest BCUT2D eigenvalue weighted by atomic mass is 32.1. The lowest BCUT2D eigenvalue weighted by Gasteiger charge is -2.17. The Morgan fingerprint density at radius 3 is 2.38 bits per heavy atom. The summed E-state index contributed by atoms with van der Waals surface area (Å²) in [5, 5.41) is 13.9. The van der Waals surface area contributed by atoms with Crippen molar-refractivity contribution in [2.45, 2.75) is 32.6 Å². The molecule has 0 aliphatic heterocycles. The normalized spacial score (nSPS) is 30.5. The van der Waals surface area contributed by atoms with Crippen LogP contribution in [0.3, 0.4) is 0 Å². The van der Waals surface area contributed by atoms with Crippen molar-refractivity contribution in [3.8, 4) is 0 Å². The average molecular weight is 196 g/mol. The highest BCUT2D eigenvalue weighted by molar-refractivity contribution is 7.08. The van der Waals surface area contributed by atoms with Crippen LogP contribution in [-0.2, 0) is 5.41 Å². The molecule has 2 rings (SSSR count). The van der Waals surface area contributed by atoms with Gasteiger partial charge in [-0.1, -0.05) is 13.8 Å². The molecule has 0 bridgehead atoms. The molecule has 1 unspecified atom stereocenters. The maximum atomic E-state index is 9.49. The molecule has 0 aromatic carbocycles. The van der Waals surface area contributed by atoms with Crippen molar-refractivity contribution in [1.82, 2.24) is 0 Å². The zero-order valence-electron chi connectivity index (χ0n) is 8.42. The summed E-state index contributed by atoms with van der Waals surface area (Å²) in [5.74, 6) is 0. The second-order valence-corrected chi connectivity index (χ2v) is 5.51. The highest BCUT2D eigenvalue weighted by Gasteiger charge is 2.62. The van der Waals surface area contributed by atoms with Crippen molar-refractivity contribution >= 4 is 11.3 Å². The minimum Gasteiger partial charge on any atom is -0.395 e. The number of aliphatic hydroxyl groups excluding tert-OH is 1. The van der Waals surface area contributed by atoms with Crippen LogP contribution in [0.1, 0.15) is 31.4 Å². The van der Waals surface area contributed by atoms with E-state index in [2.05, 4.69) is 31.5 Å². The SMILES string of the molecule is Cc1cscc1C1(CO)CC1(C)C. The number of thiophene rings is 1. The van der Waals surface area contributed by atoms with Crippen LogP contribution >= 0.6 is 11.3 Å². The number of aryl methyl sites for hydroxylation is 1. The van der Waals surface area contributed by atoms with E-state index in [-0.39, 0.29) is 17.4 Å². The van der Waals surface area contributed by atoms with Crippen LogP contribution < -0.4 is 0 Å². The Morgan fingerprint density at radius 2 is 2.08 bits per heavy atom. The molecule has 0 radical (unpaired) electrons. The molecule has 2 heteroatoms. The first kappa shape index (κ1) is 9.22. The molecule has 1 aliphatic rings. The van der Waals surface area contributed by atoms with Gasteiger partial charge < -0.3 is 5.11 Å². The predicted molar refractivity (Wildman–Crippen MR) is 56.2 cm³/mol.